The molecule has 1 aliphatic rings. The molecular weight excluding hydrogens is 210 g/mol. The van der Waals surface area contributed by atoms with E-state index >= 15 is 0 Å². The Bertz CT molecular complexity index is 395. The minimum absolute atomic E-state index is 0.132. The lowest BCUT2D eigenvalue weighted by atomic mass is 10.0. The van der Waals surface area contributed by atoms with Crippen LogP contribution in [0.3, 0.4) is 0 Å². The third-order valence-electron chi connectivity index (χ3n) is 2.49. The molecule has 1 aliphatic heterocycles. The van der Waals surface area contributed by atoms with E-state index in [-0.39, 0.29) is 5.78 Å². The molecular formula is C12H12ClNO. The molecule has 1 heterocycles. The predicted molar refractivity (Wildman–Crippen MR) is 61.9 cm³/mol. The summed E-state index contributed by atoms with van der Waals surface area (Å²) >= 11 is 5.75. The average molecular weight is 222 g/mol. The van der Waals surface area contributed by atoms with E-state index in [9.17, 15) is 4.79 Å². The van der Waals surface area contributed by atoms with Crippen LogP contribution in [0.15, 0.2) is 29.3 Å². The Hall–Kier alpha value is -1.15. The van der Waals surface area contributed by atoms with Crippen molar-refractivity contribution in [2.24, 2.45) is 4.99 Å². The van der Waals surface area contributed by atoms with Crippen molar-refractivity contribution in [1.82, 2.24) is 0 Å². The van der Waals surface area contributed by atoms with Crippen LogP contribution in [-0.4, -0.2) is 18.0 Å². The van der Waals surface area contributed by atoms with E-state index < -0.39 is 0 Å². The summed E-state index contributed by atoms with van der Waals surface area (Å²) in [5.41, 5.74) is 1.75. The molecule has 0 aliphatic carbocycles. The lowest BCUT2D eigenvalue weighted by Crippen LogP contribution is -2.05. The first-order valence-electron chi connectivity index (χ1n) is 5.06. The lowest BCUT2D eigenvalue weighted by molar-refractivity contribution is 0.100. The summed E-state index contributed by atoms with van der Waals surface area (Å²) in [6.45, 7) is 0.878. The van der Waals surface area contributed by atoms with Crippen molar-refractivity contribution in [2.75, 3.05) is 6.54 Å². The second-order valence-electron chi connectivity index (χ2n) is 3.66. The van der Waals surface area contributed by atoms with Gasteiger partial charge in [0.2, 0.25) is 0 Å². The molecule has 0 saturated carbocycles. The fourth-order valence-corrected chi connectivity index (χ4v) is 1.79. The second-order valence-corrected chi connectivity index (χ2v) is 4.09. The summed E-state index contributed by atoms with van der Waals surface area (Å²) in [5, 5.41) is 0.657. The lowest BCUT2D eigenvalue weighted by Gasteiger charge is -2.00. The number of halogens is 1. The number of rotatable bonds is 3. The number of ketones is 1. The average Bonchev–Trinajstić information content (AvgIpc) is 2.71. The Balaban J connectivity index is 2.04. The number of carbonyl (C=O) groups is 1. The molecule has 0 saturated heterocycles. The van der Waals surface area contributed by atoms with Crippen molar-refractivity contribution in [3.8, 4) is 0 Å². The van der Waals surface area contributed by atoms with Crippen LogP contribution in [0.1, 0.15) is 29.6 Å². The van der Waals surface area contributed by atoms with E-state index in [2.05, 4.69) is 4.99 Å². The van der Waals surface area contributed by atoms with E-state index in [1.165, 1.54) is 0 Å². The van der Waals surface area contributed by atoms with Crippen LogP contribution >= 0.6 is 11.6 Å². The fourth-order valence-electron chi connectivity index (χ4n) is 1.67. The molecule has 0 amide bonds. The topological polar surface area (TPSA) is 29.4 Å². The Kier molecular flexibility index (Phi) is 3.17. The third-order valence-corrected chi connectivity index (χ3v) is 2.74. The van der Waals surface area contributed by atoms with Crippen LogP contribution in [0.25, 0.3) is 0 Å². The molecule has 15 heavy (non-hydrogen) atoms. The van der Waals surface area contributed by atoms with Crippen LogP contribution < -0.4 is 0 Å². The van der Waals surface area contributed by atoms with Crippen LogP contribution in [0, 0.1) is 0 Å². The van der Waals surface area contributed by atoms with Gasteiger partial charge in [0.05, 0.1) is 0 Å². The zero-order valence-electron chi connectivity index (χ0n) is 8.37. The van der Waals surface area contributed by atoms with Crippen LogP contribution in [0.2, 0.25) is 5.02 Å². The molecule has 0 N–H and O–H groups in total. The Morgan fingerprint density at radius 3 is 2.67 bits per heavy atom. The quantitative estimate of drug-likeness (QED) is 0.721. The zero-order chi connectivity index (χ0) is 10.7. The maximum Gasteiger partial charge on any atom is 0.168 e. The maximum atomic E-state index is 11.8. The van der Waals surface area contributed by atoms with Gasteiger partial charge in [-0.3, -0.25) is 9.79 Å². The van der Waals surface area contributed by atoms with Gasteiger partial charge in [-0.1, -0.05) is 11.6 Å². The number of aliphatic imine (C=N–C) groups is 1. The summed E-state index contributed by atoms with van der Waals surface area (Å²) in [4.78, 5) is 16.1. The molecule has 2 rings (SSSR count). The Labute approximate surface area is 94.0 Å². The highest BCUT2D eigenvalue weighted by molar-refractivity contribution is 6.30. The smallest absolute Gasteiger partial charge is 0.168 e. The molecule has 1 aromatic rings. The van der Waals surface area contributed by atoms with E-state index in [1.807, 2.05) is 0 Å². The molecule has 1 aromatic carbocycles. The highest BCUT2D eigenvalue weighted by Crippen LogP contribution is 2.14. The normalized spacial score (nSPS) is 15.1. The first-order valence-corrected chi connectivity index (χ1v) is 5.44. The Morgan fingerprint density at radius 1 is 1.33 bits per heavy atom. The van der Waals surface area contributed by atoms with E-state index in [0.29, 0.717) is 17.0 Å². The molecule has 78 valence electrons. The first-order chi connectivity index (χ1) is 7.25. The standard InChI is InChI=1S/C12H12ClNO/c13-10-5-3-9(4-6-10)12(15)8-11-2-1-7-14-11/h3-6H,1-2,7-8H2. The summed E-state index contributed by atoms with van der Waals surface area (Å²) in [6.07, 6.45) is 2.52. The number of nitrogens with zero attached hydrogens (tertiary/aromatic N) is 1. The molecule has 0 atom stereocenters. The van der Waals surface area contributed by atoms with Crippen LogP contribution in [-0.2, 0) is 0 Å². The van der Waals surface area contributed by atoms with Crippen molar-refractivity contribution in [2.45, 2.75) is 19.3 Å². The van der Waals surface area contributed by atoms with Gasteiger partial charge in [0, 0.05) is 29.3 Å². The number of Topliss-reactive ketones (excluding diaryl/α,β-unsaturated/α-hetero) is 1. The number of hydrogen-bond acceptors (Lipinski definition) is 2. The number of carbonyl (C=O) groups excluding carboxylic acids is 1. The van der Waals surface area contributed by atoms with Crippen LogP contribution in [0.5, 0.6) is 0 Å². The minimum atomic E-state index is 0.132. The van der Waals surface area contributed by atoms with Crippen molar-refractivity contribution in [3.63, 3.8) is 0 Å². The van der Waals surface area contributed by atoms with Gasteiger partial charge in [0.1, 0.15) is 0 Å². The zero-order valence-corrected chi connectivity index (χ0v) is 9.13. The van der Waals surface area contributed by atoms with Crippen molar-refractivity contribution in [1.29, 1.82) is 0 Å². The monoisotopic (exact) mass is 221 g/mol. The van der Waals surface area contributed by atoms with Gasteiger partial charge in [0.15, 0.2) is 5.78 Å². The molecule has 0 aromatic heterocycles. The van der Waals surface area contributed by atoms with Crippen molar-refractivity contribution >= 4 is 23.1 Å². The van der Waals surface area contributed by atoms with Gasteiger partial charge in [0.25, 0.3) is 0 Å². The Morgan fingerprint density at radius 2 is 2.07 bits per heavy atom. The molecule has 0 spiro atoms. The predicted octanol–water partition coefficient (Wildman–Crippen LogP) is 3.15. The molecule has 2 nitrogen and oxygen atoms in total. The molecule has 0 fully saturated rings. The highest BCUT2D eigenvalue weighted by Gasteiger charge is 2.12. The van der Waals surface area contributed by atoms with Gasteiger partial charge in [-0.05, 0) is 37.1 Å². The molecule has 0 unspecified atom stereocenters. The largest absolute Gasteiger partial charge is 0.294 e. The van der Waals surface area contributed by atoms with Gasteiger partial charge >= 0.3 is 0 Å². The summed E-state index contributed by atoms with van der Waals surface area (Å²) in [6, 6.07) is 7.01. The first kappa shape index (κ1) is 10.4. The molecule has 3 heteroatoms. The van der Waals surface area contributed by atoms with Crippen molar-refractivity contribution < 1.29 is 4.79 Å². The fraction of sp³-hybridized carbons (Fsp3) is 0.333. The SMILES string of the molecule is O=C(CC1=NCCC1)c1ccc(Cl)cc1. The van der Waals surface area contributed by atoms with E-state index in [1.54, 1.807) is 24.3 Å². The molecule has 0 radical (unpaired) electrons. The maximum absolute atomic E-state index is 11.8. The minimum Gasteiger partial charge on any atom is -0.294 e. The highest BCUT2D eigenvalue weighted by atomic mass is 35.5. The second kappa shape index (κ2) is 4.58. The summed E-state index contributed by atoms with van der Waals surface area (Å²) < 4.78 is 0. The van der Waals surface area contributed by atoms with Gasteiger partial charge in [-0.15, -0.1) is 0 Å². The van der Waals surface area contributed by atoms with Gasteiger partial charge < -0.3 is 0 Å². The van der Waals surface area contributed by atoms with Crippen LogP contribution in [0.4, 0.5) is 0 Å². The number of benzene rings is 1. The third kappa shape index (κ3) is 2.66. The summed E-state index contributed by atoms with van der Waals surface area (Å²) in [7, 11) is 0. The van der Waals surface area contributed by atoms with E-state index in [0.717, 1.165) is 25.1 Å². The van der Waals surface area contributed by atoms with Gasteiger partial charge in [-0.25, -0.2) is 0 Å². The number of hydrogen-bond donors (Lipinski definition) is 0. The molecule has 0 bridgehead atoms. The van der Waals surface area contributed by atoms with Crippen molar-refractivity contribution in [3.05, 3.63) is 34.9 Å². The van der Waals surface area contributed by atoms with Gasteiger partial charge in [-0.2, -0.15) is 0 Å². The summed E-state index contributed by atoms with van der Waals surface area (Å²) in [5.74, 6) is 0.132. The van der Waals surface area contributed by atoms with E-state index in [4.69, 9.17) is 11.6 Å².